The fraction of sp³-hybridized carbons (Fsp3) is 0.100. The third-order valence-electron chi connectivity index (χ3n) is 2.08. The molecule has 1 heterocycles. The van der Waals surface area contributed by atoms with Crippen LogP contribution in [0.25, 0.3) is 10.9 Å². The van der Waals surface area contributed by atoms with Crippen molar-refractivity contribution in [3.05, 3.63) is 36.0 Å². The summed E-state index contributed by atoms with van der Waals surface area (Å²) < 4.78 is 36.7. The first-order valence-electron chi connectivity index (χ1n) is 4.48. The first kappa shape index (κ1) is 11.3. The molecule has 0 aliphatic carbocycles. The van der Waals surface area contributed by atoms with Gasteiger partial charge in [0.15, 0.2) is 5.69 Å². The summed E-state index contributed by atoms with van der Waals surface area (Å²) in [7, 11) is 0. The number of carboxylic acids is 1. The van der Waals surface area contributed by atoms with Crippen molar-refractivity contribution in [3.8, 4) is 0 Å². The molecular formula is C10H6F3NO3. The molecule has 0 unspecified atom stereocenters. The molecule has 7 heteroatoms. The van der Waals surface area contributed by atoms with E-state index in [4.69, 9.17) is 5.11 Å². The zero-order chi connectivity index (χ0) is 12.6. The number of nitrogens with zero attached hydrogens (tertiary/aromatic N) is 1. The monoisotopic (exact) mass is 245 g/mol. The van der Waals surface area contributed by atoms with Crippen molar-refractivity contribution in [1.29, 1.82) is 0 Å². The number of hydrogen-bond donors (Lipinski definition) is 1. The van der Waals surface area contributed by atoms with Crippen LogP contribution < -0.4 is 4.84 Å². The van der Waals surface area contributed by atoms with Crippen LogP contribution in [0.1, 0.15) is 10.5 Å². The Morgan fingerprint density at radius 1 is 1.29 bits per heavy atom. The maximum atomic E-state index is 12.2. The second-order valence-electron chi connectivity index (χ2n) is 3.22. The molecule has 0 saturated heterocycles. The molecule has 0 atom stereocenters. The summed E-state index contributed by atoms with van der Waals surface area (Å²) in [5.74, 6) is -1.49. The zero-order valence-corrected chi connectivity index (χ0v) is 8.23. The van der Waals surface area contributed by atoms with E-state index in [0.29, 0.717) is 5.39 Å². The molecule has 0 spiro atoms. The maximum Gasteiger partial charge on any atom is 0.591 e. The second kappa shape index (κ2) is 3.69. The highest BCUT2D eigenvalue weighted by molar-refractivity contribution is 5.94. The lowest BCUT2D eigenvalue weighted by molar-refractivity contribution is -0.321. The molecule has 90 valence electrons. The van der Waals surface area contributed by atoms with Crippen molar-refractivity contribution >= 4 is 16.9 Å². The van der Waals surface area contributed by atoms with Gasteiger partial charge in [-0.1, -0.05) is 18.2 Å². The summed E-state index contributed by atoms with van der Waals surface area (Å²) >= 11 is 0. The second-order valence-corrected chi connectivity index (χ2v) is 3.22. The number of halogens is 3. The predicted molar refractivity (Wildman–Crippen MR) is 51.5 cm³/mol. The SMILES string of the molecule is O=C(O)c1cc2ccccc2n1OC(F)(F)F. The smallest absolute Gasteiger partial charge is 0.476 e. The van der Waals surface area contributed by atoms with Gasteiger partial charge in [-0.15, -0.1) is 13.2 Å². The Balaban J connectivity index is 2.64. The number of aromatic carboxylic acids is 1. The molecule has 1 N–H and O–H groups in total. The van der Waals surface area contributed by atoms with Crippen molar-refractivity contribution in [3.63, 3.8) is 0 Å². The molecule has 17 heavy (non-hydrogen) atoms. The van der Waals surface area contributed by atoms with Crippen LogP contribution in [0.15, 0.2) is 30.3 Å². The molecule has 0 radical (unpaired) electrons. The molecule has 0 aliphatic rings. The highest BCUT2D eigenvalue weighted by Gasteiger charge is 2.34. The molecule has 2 aromatic rings. The van der Waals surface area contributed by atoms with Crippen LogP contribution in [0.4, 0.5) is 13.2 Å². The molecule has 0 aliphatic heterocycles. The minimum atomic E-state index is -4.95. The third-order valence-corrected chi connectivity index (χ3v) is 2.08. The van der Waals surface area contributed by atoms with Gasteiger partial charge in [0.25, 0.3) is 0 Å². The first-order chi connectivity index (χ1) is 7.88. The average molecular weight is 245 g/mol. The van der Waals surface area contributed by atoms with Crippen LogP contribution in [-0.4, -0.2) is 22.2 Å². The van der Waals surface area contributed by atoms with Crippen LogP contribution in [0.5, 0.6) is 0 Å². The predicted octanol–water partition coefficient (Wildman–Crippen LogP) is 2.29. The Bertz CT molecular complexity index is 574. The topological polar surface area (TPSA) is 51.5 Å². The van der Waals surface area contributed by atoms with Gasteiger partial charge in [0, 0.05) is 5.39 Å². The number of carbonyl (C=O) groups is 1. The van der Waals surface area contributed by atoms with Gasteiger partial charge in [0.1, 0.15) is 0 Å². The van der Waals surface area contributed by atoms with Crippen LogP contribution >= 0.6 is 0 Å². The van der Waals surface area contributed by atoms with Crippen LogP contribution in [-0.2, 0) is 0 Å². The van der Waals surface area contributed by atoms with Crippen LogP contribution in [0, 0.1) is 0 Å². The largest absolute Gasteiger partial charge is 0.591 e. The molecular weight excluding hydrogens is 239 g/mol. The maximum absolute atomic E-state index is 12.2. The number of alkyl halides is 3. The van der Waals surface area contributed by atoms with E-state index >= 15 is 0 Å². The number of carboxylic acid groups (broad SMARTS) is 1. The van der Waals surface area contributed by atoms with Crippen LogP contribution in [0.2, 0.25) is 0 Å². The first-order valence-corrected chi connectivity index (χ1v) is 4.48. The Kier molecular flexibility index (Phi) is 2.45. The molecule has 2 rings (SSSR count). The van der Waals surface area contributed by atoms with E-state index in [2.05, 4.69) is 4.84 Å². The van der Waals surface area contributed by atoms with Crippen molar-refractivity contribution in [2.24, 2.45) is 0 Å². The van der Waals surface area contributed by atoms with E-state index in [-0.39, 0.29) is 10.2 Å². The summed E-state index contributed by atoms with van der Waals surface area (Å²) in [5, 5.41) is 9.15. The number of fused-ring (bicyclic) bond motifs is 1. The van der Waals surface area contributed by atoms with E-state index in [0.717, 1.165) is 6.07 Å². The molecule has 0 bridgehead atoms. The Hall–Kier alpha value is -2.18. The zero-order valence-electron chi connectivity index (χ0n) is 8.23. The van der Waals surface area contributed by atoms with E-state index in [1.54, 1.807) is 6.07 Å². The van der Waals surface area contributed by atoms with E-state index in [1.165, 1.54) is 18.2 Å². The summed E-state index contributed by atoms with van der Waals surface area (Å²) in [5.41, 5.74) is -0.536. The Labute approximate surface area is 92.8 Å². The molecule has 0 saturated carbocycles. The van der Waals surface area contributed by atoms with Crippen molar-refractivity contribution in [2.75, 3.05) is 0 Å². The van der Waals surface area contributed by atoms with Crippen LogP contribution in [0.3, 0.4) is 0 Å². The van der Waals surface area contributed by atoms with E-state index in [1.807, 2.05) is 0 Å². The molecule has 4 nitrogen and oxygen atoms in total. The lowest BCUT2D eigenvalue weighted by Crippen LogP contribution is -2.29. The summed E-state index contributed by atoms with van der Waals surface area (Å²) in [4.78, 5) is 14.5. The van der Waals surface area contributed by atoms with Crippen molar-refractivity contribution < 1.29 is 27.9 Å². The van der Waals surface area contributed by atoms with Crippen molar-refractivity contribution in [2.45, 2.75) is 6.36 Å². The quantitative estimate of drug-likeness (QED) is 0.883. The highest BCUT2D eigenvalue weighted by Crippen LogP contribution is 2.22. The number of hydrogen-bond acceptors (Lipinski definition) is 2. The van der Waals surface area contributed by atoms with Gasteiger partial charge in [0.05, 0.1) is 5.52 Å². The molecule has 1 aromatic heterocycles. The summed E-state index contributed by atoms with van der Waals surface area (Å²) in [6.07, 6.45) is -4.95. The van der Waals surface area contributed by atoms with Gasteiger partial charge in [-0.2, -0.15) is 4.73 Å². The molecule has 1 aromatic carbocycles. The summed E-state index contributed by atoms with van der Waals surface area (Å²) in [6, 6.07) is 7.03. The van der Waals surface area contributed by atoms with Gasteiger partial charge in [-0.3, -0.25) is 0 Å². The molecule has 0 amide bonds. The van der Waals surface area contributed by atoms with Gasteiger partial charge in [-0.05, 0) is 12.1 Å². The van der Waals surface area contributed by atoms with E-state index in [9.17, 15) is 18.0 Å². The lowest BCUT2D eigenvalue weighted by atomic mass is 10.2. The fourth-order valence-corrected chi connectivity index (χ4v) is 1.48. The fourth-order valence-electron chi connectivity index (χ4n) is 1.48. The number of rotatable bonds is 2. The minimum Gasteiger partial charge on any atom is -0.476 e. The Morgan fingerprint density at radius 3 is 2.53 bits per heavy atom. The lowest BCUT2D eigenvalue weighted by Gasteiger charge is -2.11. The summed E-state index contributed by atoms with van der Waals surface area (Å²) in [6.45, 7) is 0. The number of para-hydroxylation sites is 1. The van der Waals surface area contributed by atoms with Gasteiger partial charge in [-0.25, -0.2) is 4.79 Å². The van der Waals surface area contributed by atoms with Gasteiger partial charge < -0.3 is 9.94 Å². The van der Waals surface area contributed by atoms with Gasteiger partial charge >= 0.3 is 12.3 Å². The minimum absolute atomic E-state index is 0.0437. The number of benzene rings is 1. The van der Waals surface area contributed by atoms with Crippen molar-refractivity contribution in [1.82, 2.24) is 4.73 Å². The molecule has 0 fully saturated rings. The standard InChI is InChI=1S/C10H6F3NO3/c11-10(12,13)17-14-7-4-2-1-3-6(7)5-8(14)9(15)16/h1-5H,(H,15,16). The highest BCUT2D eigenvalue weighted by atomic mass is 19.4. The van der Waals surface area contributed by atoms with Gasteiger partial charge in [0.2, 0.25) is 0 Å². The van der Waals surface area contributed by atoms with E-state index < -0.39 is 18.0 Å². The number of aromatic nitrogens is 1. The third kappa shape index (κ3) is 2.17. The normalized spacial score (nSPS) is 11.7. The average Bonchev–Trinajstić information content (AvgIpc) is 2.55. The Morgan fingerprint density at radius 2 is 1.94 bits per heavy atom.